The van der Waals surface area contributed by atoms with Gasteiger partial charge >= 0.3 is 0 Å². The largest absolute Gasteiger partial charge is 0.295 e. The van der Waals surface area contributed by atoms with Crippen LogP contribution in [0.1, 0.15) is 17.3 Å². The second-order valence-corrected chi connectivity index (χ2v) is 7.74. The lowest BCUT2D eigenvalue weighted by Crippen LogP contribution is -2.34. The number of sulfonamides is 2. The fraction of sp³-hybridized carbons (Fsp3) is 0.364. The maximum atomic E-state index is 11.9. The molecule has 0 bridgehead atoms. The van der Waals surface area contributed by atoms with Crippen LogP contribution in [0.4, 0.5) is 0 Å². The van der Waals surface area contributed by atoms with Gasteiger partial charge in [0.15, 0.2) is 5.78 Å². The van der Waals surface area contributed by atoms with Crippen LogP contribution in [0.15, 0.2) is 29.2 Å². The van der Waals surface area contributed by atoms with Crippen molar-refractivity contribution in [1.82, 2.24) is 9.44 Å². The Balaban J connectivity index is 2.67. The first-order valence-corrected chi connectivity index (χ1v) is 9.04. The average Bonchev–Trinajstić information content (AvgIpc) is 2.34. The van der Waals surface area contributed by atoms with E-state index < -0.39 is 20.0 Å². The van der Waals surface area contributed by atoms with Gasteiger partial charge in [-0.25, -0.2) is 26.3 Å². The van der Waals surface area contributed by atoms with E-state index in [2.05, 4.69) is 9.44 Å². The van der Waals surface area contributed by atoms with E-state index in [1.54, 1.807) is 0 Å². The first-order valence-electron chi connectivity index (χ1n) is 5.67. The van der Waals surface area contributed by atoms with E-state index in [-0.39, 0.29) is 23.8 Å². The Kier molecular flexibility index (Phi) is 5.40. The number of carbonyl (C=O) groups is 1. The van der Waals surface area contributed by atoms with Crippen molar-refractivity contribution in [3.63, 3.8) is 0 Å². The third-order valence-corrected chi connectivity index (χ3v) is 4.56. The summed E-state index contributed by atoms with van der Waals surface area (Å²) in [5.74, 6) is -0.153. The van der Waals surface area contributed by atoms with E-state index >= 15 is 0 Å². The van der Waals surface area contributed by atoms with Crippen molar-refractivity contribution in [2.75, 3.05) is 19.3 Å². The predicted octanol–water partition coefficient (Wildman–Crippen LogP) is -0.283. The lowest BCUT2D eigenvalue weighted by atomic mass is 10.2. The summed E-state index contributed by atoms with van der Waals surface area (Å²) in [4.78, 5) is 11.1. The Morgan fingerprint density at radius 1 is 1.00 bits per heavy atom. The van der Waals surface area contributed by atoms with E-state index in [1.165, 1.54) is 31.2 Å². The Hall–Kier alpha value is -1.29. The monoisotopic (exact) mass is 320 g/mol. The highest BCUT2D eigenvalue weighted by Crippen LogP contribution is 2.10. The molecule has 0 aliphatic heterocycles. The molecule has 0 aromatic heterocycles. The molecule has 0 spiro atoms. The van der Waals surface area contributed by atoms with Crippen LogP contribution in [0, 0.1) is 0 Å². The van der Waals surface area contributed by atoms with Crippen LogP contribution >= 0.6 is 0 Å². The molecular weight excluding hydrogens is 304 g/mol. The molecule has 0 fully saturated rings. The zero-order valence-corrected chi connectivity index (χ0v) is 12.7. The lowest BCUT2D eigenvalue weighted by molar-refractivity contribution is 0.101. The van der Waals surface area contributed by atoms with Crippen LogP contribution in [0.5, 0.6) is 0 Å². The molecule has 20 heavy (non-hydrogen) atoms. The third-order valence-electron chi connectivity index (χ3n) is 2.35. The Labute approximate surface area is 118 Å². The van der Waals surface area contributed by atoms with Crippen molar-refractivity contribution in [2.45, 2.75) is 11.8 Å². The van der Waals surface area contributed by atoms with Gasteiger partial charge in [0.1, 0.15) is 0 Å². The predicted molar refractivity (Wildman–Crippen MR) is 74.5 cm³/mol. The SMILES string of the molecule is CC(=O)c1ccc(S(=O)(=O)NCCNS(C)(=O)=O)cc1. The van der Waals surface area contributed by atoms with Crippen LogP contribution in [-0.2, 0) is 20.0 Å². The van der Waals surface area contributed by atoms with Crippen molar-refractivity contribution in [3.8, 4) is 0 Å². The molecule has 0 atom stereocenters. The van der Waals surface area contributed by atoms with Gasteiger partial charge in [-0.2, -0.15) is 0 Å². The topological polar surface area (TPSA) is 109 Å². The first-order chi connectivity index (χ1) is 9.12. The summed E-state index contributed by atoms with van der Waals surface area (Å²) in [6.07, 6.45) is 0.988. The fourth-order valence-corrected chi connectivity index (χ4v) is 2.88. The molecule has 0 amide bonds. The summed E-state index contributed by atoms with van der Waals surface area (Å²) in [7, 11) is -7.06. The van der Waals surface area contributed by atoms with E-state index in [9.17, 15) is 21.6 Å². The number of ketones is 1. The number of carbonyl (C=O) groups excluding carboxylic acids is 1. The van der Waals surface area contributed by atoms with E-state index in [4.69, 9.17) is 0 Å². The summed E-state index contributed by atoms with van der Waals surface area (Å²) < 4.78 is 49.8. The summed E-state index contributed by atoms with van der Waals surface area (Å²) in [6, 6.07) is 5.49. The highest BCUT2D eigenvalue weighted by Gasteiger charge is 2.13. The summed E-state index contributed by atoms with van der Waals surface area (Å²) in [5.41, 5.74) is 0.419. The summed E-state index contributed by atoms with van der Waals surface area (Å²) in [6.45, 7) is 1.28. The molecule has 0 unspecified atom stereocenters. The van der Waals surface area contributed by atoms with Crippen molar-refractivity contribution < 1.29 is 21.6 Å². The summed E-state index contributed by atoms with van der Waals surface area (Å²) in [5, 5.41) is 0. The van der Waals surface area contributed by atoms with Crippen LogP contribution in [0.3, 0.4) is 0 Å². The van der Waals surface area contributed by atoms with Crippen molar-refractivity contribution in [1.29, 1.82) is 0 Å². The van der Waals surface area contributed by atoms with Gasteiger partial charge in [-0.15, -0.1) is 0 Å². The Morgan fingerprint density at radius 3 is 1.95 bits per heavy atom. The maximum Gasteiger partial charge on any atom is 0.240 e. The smallest absolute Gasteiger partial charge is 0.240 e. The molecule has 1 aromatic rings. The van der Waals surface area contributed by atoms with Crippen LogP contribution in [0.2, 0.25) is 0 Å². The highest BCUT2D eigenvalue weighted by atomic mass is 32.2. The zero-order valence-electron chi connectivity index (χ0n) is 11.1. The first kappa shape index (κ1) is 16.8. The van der Waals surface area contributed by atoms with Gasteiger partial charge in [0.05, 0.1) is 11.2 Å². The number of Topliss-reactive ketones (excluding diaryl/α,β-unsaturated/α-hetero) is 1. The molecule has 2 N–H and O–H groups in total. The molecule has 0 saturated carbocycles. The zero-order chi connectivity index (χ0) is 15.4. The minimum atomic E-state index is -3.72. The number of rotatable bonds is 7. The second kappa shape index (κ2) is 6.44. The molecule has 1 aromatic carbocycles. The van der Waals surface area contributed by atoms with Crippen molar-refractivity contribution in [3.05, 3.63) is 29.8 Å². The van der Waals surface area contributed by atoms with E-state index in [0.29, 0.717) is 5.56 Å². The van der Waals surface area contributed by atoms with Gasteiger partial charge in [-0.05, 0) is 19.1 Å². The van der Waals surface area contributed by atoms with Crippen molar-refractivity contribution >= 4 is 25.8 Å². The molecule has 0 aliphatic carbocycles. The molecule has 0 saturated heterocycles. The van der Waals surface area contributed by atoms with Gasteiger partial charge in [-0.1, -0.05) is 12.1 Å². The minimum absolute atomic E-state index is 0.0156. The molecular formula is C11H16N2O5S2. The standard InChI is InChI=1S/C11H16N2O5S2/c1-9(14)10-3-5-11(6-4-10)20(17,18)13-8-7-12-19(2,15)16/h3-6,12-13H,7-8H2,1-2H3. The molecule has 112 valence electrons. The fourth-order valence-electron chi connectivity index (χ4n) is 1.37. The number of nitrogens with one attached hydrogen (secondary N) is 2. The van der Waals surface area contributed by atoms with Crippen LogP contribution in [-0.4, -0.2) is 42.0 Å². The van der Waals surface area contributed by atoms with Gasteiger partial charge in [0.2, 0.25) is 20.0 Å². The van der Waals surface area contributed by atoms with Crippen LogP contribution in [0.25, 0.3) is 0 Å². The Bertz CT molecular complexity index is 678. The normalized spacial score (nSPS) is 12.3. The molecule has 0 heterocycles. The number of hydrogen-bond acceptors (Lipinski definition) is 5. The quantitative estimate of drug-likeness (QED) is 0.530. The summed E-state index contributed by atoms with van der Waals surface area (Å²) >= 11 is 0. The molecule has 1 rings (SSSR count). The average molecular weight is 320 g/mol. The van der Waals surface area contributed by atoms with E-state index in [1.807, 2.05) is 0 Å². The molecule has 7 nitrogen and oxygen atoms in total. The minimum Gasteiger partial charge on any atom is -0.295 e. The maximum absolute atomic E-state index is 11.9. The van der Waals surface area contributed by atoms with Gasteiger partial charge in [-0.3, -0.25) is 4.79 Å². The third kappa shape index (κ3) is 5.37. The van der Waals surface area contributed by atoms with Crippen LogP contribution < -0.4 is 9.44 Å². The van der Waals surface area contributed by atoms with Gasteiger partial charge in [0, 0.05) is 18.7 Å². The molecule has 9 heteroatoms. The molecule has 0 aliphatic rings. The lowest BCUT2D eigenvalue weighted by Gasteiger charge is -2.07. The second-order valence-electron chi connectivity index (χ2n) is 4.14. The van der Waals surface area contributed by atoms with Gasteiger partial charge in [0.25, 0.3) is 0 Å². The van der Waals surface area contributed by atoms with E-state index in [0.717, 1.165) is 6.26 Å². The molecule has 0 radical (unpaired) electrons. The number of benzene rings is 1. The van der Waals surface area contributed by atoms with Crippen molar-refractivity contribution in [2.24, 2.45) is 0 Å². The van der Waals surface area contributed by atoms with Gasteiger partial charge < -0.3 is 0 Å². The Morgan fingerprint density at radius 2 is 1.50 bits per heavy atom. The number of hydrogen-bond donors (Lipinski definition) is 2. The highest BCUT2D eigenvalue weighted by molar-refractivity contribution is 7.89.